The number of carbonyl (C=O) groups excluding carboxylic acids is 1. The highest BCUT2D eigenvalue weighted by Crippen LogP contribution is 2.11. The SMILES string of the molecule is CC(C)C[C@H](N)C(=O)NCCCCOc1ccc(F)cc1.Cl. The Kier molecular flexibility index (Phi) is 10.6. The molecule has 0 bridgehead atoms. The number of ether oxygens (including phenoxy) is 1. The van der Waals surface area contributed by atoms with E-state index in [9.17, 15) is 9.18 Å². The summed E-state index contributed by atoms with van der Waals surface area (Å²) < 4.78 is 18.2. The van der Waals surface area contributed by atoms with E-state index < -0.39 is 6.04 Å². The third-order valence-corrected chi connectivity index (χ3v) is 3.01. The summed E-state index contributed by atoms with van der Waals surface area (Å²) in [5.41, 5.74) is 5.78. The van der Waals surface area contributed by atoms with Gasteiger partial charge in [-0.05, 0) is 49.4 Å². The van der Waals surface area contributed by atoms with Gasteiger partial charge in [0, 0.05) is 6.54 Å². The second-order valence-corrected chi connectivity index (χ2v) is 5.54. The molecule has 0 unspecified atom stereocenters. The largest absolute Gasteiger partial charge is 0.494 e. The molecular weight excluding hydrogens is 307 g/mol. The summed E-state index contributed by atoms with van der Waals surface area (Å²) in [5.74, 6) is 0.695. The summed E-state index contributed by atoms with van der Waals surface area (Å²) in [4.78, 5) is 11.7. The molecule has 126 valence electrons. The van der Waals surface area contributed by atoms with Gasteiger partial charge in [-0.1, -0.05) is 13.8 Å². The van der Waals surface area contributed by atoms with Crippen molar-refractivity contribution >= 4 is 18.3 Å². The number of amides is 1. The molecule has 0 saturated heterocycles. The first kappa shape index (κ1) is 20.7. The lowest BCUT2D eigenvalue weighted by atomic mass is 10.0. The molecule has 0 radical (unpaired) electrons. The van der Waals surface area contributed by atoms with Crippen LogP contribution in [0.25, 0.3) is 0 Å². The van der Waals surface area contributed by atoms with Crippen LogP contribution in [0, 0.1) is 11.7 Å². The molecule has 1 amide bonds. The third kappa shape index (κ3) is 8.85. The molecule has 1 aromatic carbocycles. The molecule has 0 spiro atoms. The predicted molar refractivity (Wildman–Crippen MR) is 88.8 cm³/mol. The van der Waals surface area contributed by atoms with Crippen molar-refractivity contribution in [3.63, 3.8) is 0 Å². The molecule has 0 aliphatic carbocycles. The number of nitrogens with two attached hydrogens (primary N) is 1. The Morgan fingerprint density at radius 3 is 2.50 bits per heavy atom. The van der Waals surface area contributed by atoms with Crippen LogP contribution in [0.2, 0.25) is 0 Å². The first-order chi connectivity index (χ1) is 9.99. The number of halogens is 2. The van der Waals surface area contributed by atoms with Crippen LogP contribution in [0.3, 0.4) is 0 Å². The number of nitrogens with one attached hydrogen (secondary N) is 1. The highest BCUT2D eigenvalue weighted by Gasteiger charge is 2.13. The van der Waals surface area contributed by atoms with Gasteiger partial charge in [0.15, 0.2) is 0 Å². The van der Waals surface area contributed by atoms with Crippen LogP contribution in [-0.2, 0) is 4.79 Å². The summed E-state index contributed by atoms with van der Waals surface area (Å²) in [6.07, 6.45) is 2.33. The van der Waals surface area contributed by atoms with Crippen molar-refractivity contribution in [2.45, 2.75) is 39.2 Å². The van der Waals surface area contributed by atoms with E-state index in [-0.39, 0.29) is 24.1 Å². The monoisotopic (exact) mass is 332 g/mol. The van der Waals surface area contributed by atoms with Gasteiger partial charge < -0.3 is 15.8 Å². The minimum Gasteiger partial charge on any atom is -0.494 e. The maximum Gasteiger partial charge on any atom is 0.236 e. The quantitative estimate of drug-likeness (QED) is 0.683. The fourth-order valence-electron chi connectivity index (χ4n) is 1.91. The van der Waals surface area contributed by atoms with Gasteiger partial charge in [-0.2, -0.15) is 0 Å². The average molecular weight is 333 g/mol. The van der Waals surface area contributed by atoms with Crippen LogP contribution in [-0.4, -0.2) is 25.1 Å². The molecule has 6 heteroatoms. The zero-order chi connectivity index (χ0) is 15.7. The van der Waals surface area contributed by atoms with Crippen LogP contribution < -0.4 is 15.8 Å². The van der Waals surface area contributed by atoms with E-state index in [1.165, 1.54) is 12.1 Å². The van der Waals surface area contributed by atoms with Gasteiger partial charge >= 0.3 is 0 Å². The molecule has 1 rings (SSSR count). The Morgan fingerprint density at radius 1 is 1.27 bits per heavy atom. The van der Waals surface area contributed by atoms with Crippen LogP contribution in [0.15, 0.2) is 24.3 Å². The lowest BCUT2D eigenvalue weighted by molar-refractivity contribution is -0.122. The van der Waals surface area contributed by atoms with Crippen LogP contribution in [0.1, 0.15) is 33.1 Å². The van der Waals surface area contributed by atoms with Crippen molar-refractivity contribution in [2.75, 3.05) is 13.2 Å². The van der Waals surface area contributed by atoms with Crippen LogP contribution >= 0.6 is 12.4 Å². The maximum atomic E-state index is 12.7. The summed E-state index contributed by atoms with van der Waals surface area (Å²) in [6.45, 7) is 5.22. The standard InChI is InChI=1S/C16H25FN2O2.ClH/c1-12(2)11-15(18)16(20)19-9-3-4-10-21-14-7-5-13(17)6-8-14;/h5-8,12,15H,3-4,9-11,18H2,1-2H3,(H,19,20);1H/t15-;/m0./s1. The van der Waals surface area contributed by atoms with Crippen LogP contribution in [0.4, 0.5) is 4.39 Å². The number of benzene rings is 1. The van der Waals surface area contributed by atoms with Crippen molar-refractivity contribution in [2.24, 2.45) is 11.7 Å². The van der Waals surface area contributed by atoms with Crippen molar-refractivity contribution in [1.82, 2.24) is 5.32 Å². The summed E-state index contributed by atoms with van der Waals surface area (Å²) >= 11 is 0. The van der Waals surface area contributed by atoms with Gasteiger partial charge in [-0.25, -0.2) is 4.39 Å². The molecule has 0 aliphatic heterocycles. The van der Waals surface area contributed by atoms with Gasteiger partial charge in [-0.3, -0.25) is 4.79 Å². The van der Waals surface area contributed by atoms with E-state index in [0.29, 0.717) is 31.2 Å². The van der Waals surface area contributed by atoms with Gasteiger partial charge in [0.2, 0.25) is 5.91 Å². The van der Waals surface area contributed by atoms with E-state index in [2.05, 4.69) is 5.32 Å². The van der Waals surface area contributed by atoms with E-state index >= 15 is 0 Å². The highest BCUT2D eigenvalue weighted by atomic mass is 35.5. The second kappa shape index (κ2) is 11.3. The van der Waals surface area contributed by atoms with E-state index in [4.69, 9.17) is 10.5 Å². The Balaban J connectivity index is 0.00000441. The molecule has 0 saturated carbocycles. The molecule has 0 aromatic heterocycles. The van der Waals surface area contributed by atoms with Gasteiger partial charge in [-0.15, -0.1) is 12.4 Å². The summed E-state index contributed by atoms with van der Waals surface area (Å²) in [7, 11) is 0. The Morgan fingerprint density at radius 2 is 1.91 bits per heavy atom. The topological polar surface area (TPSA) is 64.4 Å². The molecule has 1 aromatic rings. The van der Waals surface area contributed by atoms with Crippen LogP contribution in [0.5, 0.6) is 5.75 Å². The number of unbranched alkanes of at least 4 members (excludes halogenated alkanes) is 1. The number of rotatable bonds is 9. The number of hydrogen-bond acceptors (Lipinski definition) is 3. The first-order valence-corrected chi connectivity index (χ1v) is 7.40. The van der Waals surface area contributed by atoms with Crippen molar-refractivity contribution in [1.29, 1.82) is 0 Å². The lowest BCUT2D eigenvalue weighted by Gasteiger charge is -2.14. The number of hydrogen-bond donors (Lipinski definition) is 2. The summed E-state index contributed by atoms with van der Waals surface area (Å²) in [6, 6.07) is 5.50. The molecule has 0 heterocycles. The molecule has 0 aliphatic rings. The third-order valence-electron chi connectivity index (χ3n) is 3.01. The summed E-state index contributed by atoms with van der Waals surface area (Å²) in [5, 5.41) is 2.82. The molecule has 0 fully saturated rings. The zero-order valence-corrected chi connectivity index (χ0v) is 14.0. The van der Waals surface area contributed by atoms with E-state index in [0.717, 1.165) is 12.8 Å². The Hall–Kier alpha value is -1.33. The average Bonchev–Trinajstić information content (AvgIpc) is 2.43. The minimum atomic E-state index is -0.430. The minimum absolute atomic E-state index is 0. The van der Waals surface area contributed by atoms with Gasteiger partial charge in [0.25, 0.3) is 0 Å². The predicted octanol–water partition coefficient (Wildman–Crippen LogP) is 2.90. The molecular formula is C16H26ClFN2O2. The van der Waals surface area contributed by atoms with Crippen molar-refractivity contribution in [3.05, 3.63) is 30.1 Å². The highest BCUT2D eigenvalue weighted by molar-refractivity contribution is 5.85. The maximum absolute atomic E-state index is 12.7. The Labute approximate surface area is 138 Å². The fraction of sp³-hybridized carbons (Fsp3) is 0.562. The normalized spacial score (nSPS) is 11.7. The van der Waals surface area contributed by atoms with Crippen molar-refractivity contribution < 1.29 is 13.9 Å². The smallest absolute Gasteiger partial charge is 0.236 e. The van der Waals surface area contributed by atoms with E-state index in [1.54, 1.807) is 12.1 Å². The second-order valence-electron chi connectivity index (χ2n) is 5.54. The van der Waals surface area contributed by atoms with Crippen molar-refractivity contribution in [3.8, 4) is 5.75 Å². The Bertz CT molecular complexity index is 427. The van der Waals surface area contributed by atoms with E-state index in [1.807, 2.05) is 13.8 Å². The molecule has 1 atom stereocenters. The fourth-order valence-corrected chi connectivity index (χ4v) is 1.91. The zero-order valence-electron chi connectivity index (χ0n) is 13.2. The first-order valence-electron chi connectivity index (χ1n) is 7.40. The van der Waals surface area contributed by atoms with Gasteiger partial charge in [0.1, 0.15) is 11.6 Å². The lowest BCUT2D eigenvalue weighted by Crippen LogP contribution is -2.41. The van der Waals surface area contributed by atoms with Gasteiger partial charge in [0.05, 0.1) is 12.6 Å². The number of carbonyl (C=O) groups is 1. The molecule has 3 N–H and O–H groups in total. The molecule has 4 nitrogen and oxygen atoms in total. The molecule has 22 heavy (non-hydrogen) atoms.